The maximum atomic E-state index is 14.9. The number of carbonyl (C=O) groups is 2. The summed E-state index contributed by atoms with van der Waals surface area (Å²) >= 11 is 7.06. The summed E-state index contributed by atoms with van der Waals surface area (Å²) in [5, 5.41) is 5.61. The van der Waals surface area contributed by atoms with Crippen LogP contribution >= 0.6 is 14.7 Å². The molecule has 2 aliphatic rings. The first kappa shape index (κ1) is 40.2. The predicted octanol–water partition coefficient (Wildman–Crippen LogP) is 8.19. The number of hydrogen-bond donors (Lipinski definition) is 0. The Kier molecular flexibility index (Phi) is 13.5. The minimum atomic E-state index is -2.91. The van der Waals surface area contributed by atoms with E-state index in [9.17, 15) is 9.59 Å². The number of amides is 2. The number of para-hydroxylation sites is 1. The van der Waals surface area contributed by atoms with E-state index in [1.807, 2.05) is 30.3 Å². The second-order valence-corrected chi connectivity index (χ2v) is 21.0. The van der Waals surface area contributed by atoms with Crippen LogP contribution in [0.15, 0.2) is 35.4 Å². The van der Waals surface area contributed by atoms with Crippen LogP contribution in [-0.2, 0) is 21.4 Å². The van der Waals surface area contributed by atoms with E-state index in [4.69, 9.17) is 16.9 Å². The van der Waals surface area contributed by atoms with E-state index in [2.05, 4.69) is 134 Å². The third kappa shape index (κ3) is 7.45. The summed E-state index contributed by atoms with van der Waals surface area (Å²) in [5.41, 5.74) is 1.30. The van der Waals surface area contributed by atoms with Crippen molar-refractivity contribution in [3.63, 3.8) is 0 Å². The van der Waals surface area contributed by atoms with Gasteiger partial charge in [0.1, 0.15) is 17.7 Å². The van der Waals surface area contributed by atoms with Crippen LogP contribution in [0, 0.1) is 5.92 Å². The molecule has 0 aromatic heterocycles. The average molecular weight is 708 g/mol. The molecule has 0 spiro atoms. The van der Waals surface area contributed by atoms with E-state index in [-0.39, 0.29) is 60.1 Å². The van der Waals surface area contributed by atoms with E-state index < -0.39 is 26.7 Å². The first-order valence-corrected chi connectivity index (χ1v) is 21.5. The summed E-state index contributed by atoms with van der Waals surface area (Å²) in [5.74, 6) is -1.22. The fourth-order valence-electron chi connectivity index (χ4n) is 7.74. The first-order valence-electron chi connectivity index (χ1n) is 17.6. The third-order valence-electron chi connectivity index (χ3n) is 8.78. The van der Waals surface area contributed by atoms with E-state index in [1.165, 1.54) is 4.90 Å². The minimum Gasteiger partial charge on any atom is -0.273 e. The molecule has 1 saturated heterocycles. The zero-order valence-corrected chi connectivity index (χ0v) is 34.5. The monoisotopic (exact) mass is 707 g/mol. The highest BCUT2D eigenvalue weighted by Crippen LogP contribution is 2.66. The molecule has 0 N–H and O–H groups in total. The Morgan fingerprint density at radius 2 is 1.02 bits per heavy atom. The van der Waals surface area contributed by atoms with Crippen molar-refractivity contribution in [1.82, 2.24) is 23.5 Å². The second-order valence-electron chi connectivity index (χ2n) is 15.1. The van der Waals surface area contributed by atoms with Crippen molar-refractivity contribution in [1.29, 1.82) is 0 Å². The summed E-state index contributed by atoms with van der Waals surface area (Å²) in [6.45, 7) is 35.2. The van der Waals surface area contributed by atoms with Gasteiger partial charge in [-0.2, -0.15) is 5.10 Å². The van der Waals surface area contributed by atoms with Gasteiger partial charge in [-0.15, -0.1) is 0 Å². The molecule has 9 nitrogen and oxygen atoms in total. The number of fused-ring (bicyclic) bond motifs is 1. The highest BCUT2D eigenvalue weighted by molar-refractivity contribution is 8.20. The number of anilines is 1. The highest BCUT2D eigenvalue weighted by atomic mass is 32.4. The second kappa shape index (κ2) is 15.7. The van der Waals surface area contributed by atoms with Crippen LogP contribution in [0.5, 0.6) is 0 Å². The van der Waals surface area contributed by atoms with Crippen molar-refractivity contribution in [2.75, 3.05) is 4.90 Å². The van der Waals surface area contributed by atoms with E-state index >= 15 is 0 Å². The average Bonchev–Trinajstić information content (AvgIpc) is 3.43. The fraction of sp³-hybridized carbons (Fsp3) is 0.743. The van der Waals surface area contributed by atoms with Gasteiger partial charge in [0.25, 0.3) is 5.91 Å². The van der Waals surface area contributed by atoms with Crippen molar-refractivity contribution in [2.45, 2.75) is 165 Å². The Balaban J connectivity index is 2.53. The first-order chi connectivity index (χ1) is 21.7. The number of rotatable bonds is 15. The molecule has 2 heterocycles. The van der Waals surface area contributed by atoms with Gasteiger partial charge in [0.15, 0.2) is 14.4 Å². The quantitative estimate of drug-likeness (QED) is 0.134. The molecule has 2 aliphatic heterocycles. The van der Waals surface area contributed by atoms with Gasteiger partial charge < -0.3 is 0 Å². The molecule has 1 fully saturated rings. The number of benzene rings is 1. The number of nitrogens with zero attached hydrogens (tertiary/aromatic N) is 7. The lowest BCUT2D eigenvalue weighted by atomic mass is 10.1. The Morgan fingerprint density at radius 3 is 1.36 bits per heavy atom. The number of hydrogen-bond acceptors (Lipinski definition) is 7. The number of carbonyl (C=O) groups excluding carboxylic acids is 2. The van der Waals surface area contributed by atoms with Crippen molar-refractivity contribution in [3.05, 3.63) is 30.3 Å². The summed E-state index contributed by atoms with van der Waals surface area (Å²) in [4.78, 5) is 31.2. The summed E-state index contributed by atoms with van der Waals surface area (Å²) in [7, 11) is -1.34. The van der Waals surface area contributed by atoms with Crippen LogP contribution in [-0.4, -0.2) is 95.1 Å². The standard InChI is InChI=1S/C35H63N7O2P2S/c1-22(2)38(23(3)4)45(39(24(5)6)25(7)8)42-32-31(34(43)37(35(32)44)30-20-18-17-19-21-30)33(36-42)46(47,40(26(9)10)27(11)12)41(28(13)14)29(15)16/h17-29,31-32H,1-16H3. The van der Waals surface area contributed by atoms with Gasteiger partial charge in [0.2, 0.25) is 5.91 Å². The molecule has 0 aliphatic carbocycles. The molecule has 0 bridgehead atoms. The van der Waals surface area contributed by atoms with Crippen LogP contribution in [0.1, 0.15) is 111 Å². The predicted molar refractivity (Wildman–Crippen MR) is 205 cm³/mol. The number of imide groups is 1. The molecule has 266 valence electrons. The normalized spacial score (nSPS) is 19.6. The Labute approximate surface area is 293 Å². The molecule has 2 unspecified atom stereocenters. The molecule has 47 heavy (non-hydrogen) atoms. The van der Waals surface area contributed by atoms with Crippen molar-refractivity contribution in [3.8, 4) is 0 Å². The van der Waals surface area contributed by atoms with Crippen LogP contribution in [0.4, 0.5) is 5.69 Å². The van der Waals surface area contributed by atoms with Gasteiger partial charge in [-0.1, -0.05) is 30.0 Å². The number of hydrazone groups is 1. The zero-order chi connectivity index (χ0) is 35.9. The van der Waals surface area contributed by atoms with Gasteiger partial charge in [0.05, 0.1) is 5.69 Å². The molecule has 0 saturated carbocycles. The maximum absolute atomic E-state index is 14.9. The van der Waals surface area contributed by atoms with Crippen molar-refractivity contribution < 1.29 is 9.59 Å². The molecule has 2 atom stereocenters. The smallest absolute Gasteiger partial charge is 0.259 e. The van der Waals surface area contributed by atoms with Crippen LogP contribution in [0.25, 0.3) is 0 Å². The molecule has 0 radical (unpaired) electrons. The van der Waals surface area contributed by atoms with Gasteiger partial charge in [-0.05, 0) is 123 Å². The molecule has 2 amide bonds. The van der Waals surface area contributed by atoms with Crippen LogP contribution in [0.3, 0.4) is 0 Å². The summed E-state index contributed by atoms with van der Waals surface area (Å²) in [6, 6.07) is 9.66. The molecule has 1 aromatic rings. The van der Waals surface area contributed by atoms with E-state index in [0.717, 1.165) is 0 Å². The Bertz CT molecular complexity index is 1240. The fourth-order valence-corrected chi connectivity index (χ4v) is 17.5. The lowest BCUT2D eigenvalue weighted by molar-refractivity contribution is -0.122. The zero-order valence-electron chi connectivity index (χ0n) is 31.9. The molecule has 3 rings (SSSR count). The van der Waals surface area contributed by atoms with Crippen LogP contribution in [0.2, 0.25) is 0 Å². The van der Waals surface area contributed by atoms with Crippen molar-refractivity contribution >= 4 is 49.5 Å². The topological polar surface area (TPSA) is 65.9 Å². The third-order valence-corrected chi connectivity index (χ3v) is 17.9. The maximum Gasteiger partial charge on any atom is 0.259 e. The SMILES string of the molecule is CC(C)N(C(C)C)P(N1N=C(P(=S)(N(C(C)C)C(C)C)N(C(C)C)C(C)C)C2C(=O)N(c3ccccc3)C(=O)C21)N(C(C)C)C(C)C. The highest BCUT2D eigenvalue weighted by Gasteiger charge is 2.64. The Hall–Kier alpha value is -1.25. The van der Waals surface area contributed by atoms with Gasteiger partial charge >= 0.3 is 0 Å². The summed E-state index contributed by atoms with van der Waals surface area (Å²) < 4.78 is 11.9. The molecular formula is C35H63N7O2P2S. The van der Waals surface area contributed by atoms with Crippen LogP contribution < -0.4 is 4.90 Å². The lowest BCUT2D eigenvalue weighted by Crippen LogP contribution is -2.50. The molecular weight excluding hydrogens is 644 g/mol. The van der Waals surface area contributed by atoms with Crippen molar-refractivity contribution in [2.24, 2.45) is 11.0 Å². The largest absolute Gasteiger partial charge is 0.273 e. The van der Waals surface area contributed by atoms with Gasteiger partial charge in [-0.3, -0.25) is 18.9 Å². The summed E-state index contributed by atoms with van der Waals surface area (Å²) in [6.07, 6.45) is -2.91. The van der Waals surface area contributed by atoms with Gasteiger partial charge in [-0.25, -0.2) is 19.0 Å². The minimum absolute atomic E-state index is 0.0978. The Morgan fingerprint density at radius 1 is 0.638 bits per heavy atom. The molecule has 1 aromatic carbocycles. The van der Waals surface area contributed by atoms with E-state index in [0.29, 0.717) is 11.1 Å². The lowest BCUT2D eigenvalue weighted by Gasteiger charge is -2.50. The molecule has 12 heteroatoms. The van der Waals surface area contributed by atoms with Gasteiger partial charge in [0, 0.05) is 48.3 Å². The van der Waals surface area contributed by atoms with E-state index in [1.54, 1.807) is 0 Å².